The molecule has 1 aromatic carbocycles. The molecule has 0 bridgehead atoms. The average molecular weight is 413 g/mol. The van der Waals surface area contributed by atoms with E-state index in [1.807, 2.05) is 6.07 Å². The summed E-state index contributed by atoms with van der Waals surface area (Å²) in [5.74, 6) is -0.689. The fraction of sp³-hybridized carbons (Fsp3) is 0.519. The van der Waals surface area contributed by atoms with Crippen LogP contribution in [0.1, 0.15) is 83.1 Å². The van der Waals surface area contributed by atoms with E-state index in [-0.39, 0.29) is 6.10 Å². The molecule has 1 N–H and O–H groups in total. The Hall–Kier alpha value is -2.13. The predicted octanol–water partition coefficient (Wildman–Crippen LogP) is 7.64. The van der Waals surface area contributed by atoms with Crippen molar-refractivity contribution in [2.75, 3.05) is 0 Å². The van der Waals surface area contributed by atoms with Crippen LogP contribution < -0.4 is 0 Å². The van der Waals surface area contributed by atoms with Gasteiger partial charge in [-0.15, -0.1) is 0 Å². The highest BCUT2D eigenvalue weighted by Gasteiger charge is 2.05. The Morgan fingerprint density at radius 1 is 0.967 bits per heavy atom. The van der Waals surface area contributed by atoms with Crippen LogP contribution in [-0.4, -0.2) is 17.2 Å². The lowest BCUT2D eigenvalue weighted by Crippen LogP contribution is -2.09. The molecule has 0 radical (unpaired) electrons. The first-order valence-corrected chi connectivity index (χ1v) is 11.6. The van der Waals surface area contributed by atoms with Crippen molar-refractivity contribution < 1.29 is 14.6 Å². The van der Waals surface area contributed by atoms with Gasteiger partial charge in [-0.05, 0) is 37.7 Å². The van der Waals surface area contributed by atoms with Crippen LogP contribution in [0.5, 0.6) is 0 Å². The zero-order chi connectivity index (χ0) is 21.7. The maximum Gasteiger partial charge on any atom is 0.303 e. The van der Waals surface area contributed by atoms with Gasteiger partial charge in [0, 0.05) is 6.42 Å². The Kier molecular flexibility index (Phi) is 16.3. The number of carboxylic acid groups (broad SMARTS) is 1. The Morgan fingerprint density at radius 2 is 1.77 bits per heavy atom. The van der Waals surface area contributed by atoms with Gasteiger partial charge < -0.3 is 9.84 Å². The SMILES string of the molecule is CCCCC[C@@H](/C=C/C=C\C/C=C\CCCCCCC(=O)O)OCc1ccccc1. The standard InChI is InChI=1S/C27H40O3/c1-2-3-14-21-26(30-24-25-19-15-13-16-20-25)22-17-11-9-7-5-4-6-8-10-12-18-23-27(28)29/h4-5,9,11,13,15-17,19-20,22,26H,2-3,6-8,10,12,14,18,21,23-24H2,1H3,(H,28,29)/b5-4-,11-9-,22-17+/t26-/m0/s1. The Labute approximate surface area is 183 Å². The Bertz CT molecular complexity index is 616. The summed E-state index contributed by atoms with van der Waals surface area (Å²) in [6.07, 6.45) is 24.2. The monoisotopic (exact) mass is 412 g/mol. The van der Waals surface area contributed by atoms with Crippen LogP contribution in [0.2, 0.25) is 0 Å². The molecular weight excluding hydrogens is 372 g/mol. The number of rotatable bonds is 18. The van der Waals surface area contributed by atoms with Crippen LogP contribution in [0.25, 0.3) is 0 Å². The summed E-state index contributed by atoms with van der Waals surface area (Å²) in [6, 6.07) is 10.3. The molecule has 0 spiro atoms. The first-order chi connectivity index (χ1) is 14.7. The topological polar surface area (TPSA) is 46.5 Å². The lowest BCUT2D eigenvalue weighted by Gasteiger charge is -2.14. The molecule has 30 heavy (non-hydrogen) atoms. The minimum Gasteiger partial charge on any atom is -0.481 e. The molecule has 1 aromatic rings. The van der Waals surface area contributed by atoms with Gasteiger partial charge >= 0.3 is 5.97 Å². The van der Waals surface area contributed by atoms with Crippen LogP contribution in [0.3, 0.4) is 0 Å². The maximum absolute atomic E-state index is 10.4. The number of benzene rings is 1. The van der Waals surface area contributed by atoms with E-state index in [2.05, 4.69) is 67.6 Å². The van der Waals surface area contributed by atoms with Crippen molar-refractivity contribution in [1.29, 1.82) is 0 Å². The normalized spacial score (nSPS) is 13.0. The maximum atomic E-state index is 10.4. The van der Waals surface area contributed by atoms with Gasteiger partial charge in [0.05, 0.1) is 12.7 Å². The van der Waals surface area contributed by atoms with Gasteiger partial charge in [-0.3, -0.25) is 4.79 Å². The van der Waals surface area contributed by atoms with E-state index in [1.165, 1.54) is 24.8 Å². The number of carboxylic acids is 1. The van der Waals surface area contributed by atoms with Crippen molar-refractivity contribution in [3.8, 4) is 0 Å². The van der Waals surface area contributed by atoms with Crippen molar-refractivity contribution in [2.45, 2.75) is 90.3 Å². The van der Waals surface area contributed by atoms with Crippen molar-refractivity contribution >= 4 is 5.97 Å². The highest BCUT2D eigenvalue weighted by molar-refractivity contribution is 5.66. The second kappa shape index (κ2) is 18.9. The van der Waals surface area contributed by atoms with Crippen LogP contribution in [-0.2, 0) is 16.1 Å². The van der Waals surface area contributed by atoms with E-state index >= 15 is 0 Å². The molecule has 0 aromatic heterocycles. The number of hydrogen-bond donors (Lipinski definition) is 1. The molecule has 0 fully saturated rings. The van der Waals surface area contributed by atoms with Gasteiger partial charge in [0.25, 0.3) is 0 Å². The van der Waals surface area contributed by atoms with Gasteiger partial charge in [0.1, 0.15) is 0 Å². The largest absolute Gasteiger partial charge is 0.481 e. The molecule has 0 unspecified atom stereocenters. The lowest BCUT2D eigenvalue weighted by molar-refractivity contribution is -0.137. The number of aliphatic carboxylic acids is 1. The summed E-state index contributed by atoms with van der Waals surface area (Å²) in [5, 5.41) is 8.60. The number of ether oxygens (including phenoxy) is 1. The molecule has 1 rings (SSSR count). The molecule has 1 atom stereocenters. The third-order valence-corrected chi connectivity index (χ3v) is 4.92. The third kappa shape index (κ3) is 15.8. The number of allylic oxidation sites excluding steroid dienone is 5. The van der Waals surface area contributed by atoms with Gasteiger partial charge in [0.2, 0.25) is 0 Å². The van der Waals surface area contributed by atoms with E-state index in [0.29, 0.717) is 13.0 Å². The Balaban J connectivity index is 2.21. The summed E-state index contributed by atoms with van der Waals surface area (Å²) >= 11 is 0. The molecular formula is C27H40O3. The second-order valence-corrected chi connectivity index (χ2v) is 7.70. The molecule has 0 saturated heterocycles. The molecule has 3 heteroatoms. The first kappa shape index (κ1) is 25.9. The average Bonchev–Trinajstić information content (AvgIpc) is 2.75. The van der Waals surface area contributed by atoms with Gasteiger partial charge in [-0.1, -0.05) is 106 Å². The number of hydrogen-bond acceptors (Lipinski definition) is 2. The lowest BCUT2D eigenvalue weighted by atomic mass is 10.1. The van der Waals surface area contributed by atoms with Crippen LogP contribution in [0, 0.1) is 0 Å². The van der Waals surface area contributed by atoms with Crippen molar-refractivity contribution in [1.82, 2.24) is 0 Å². The van der Waals surface area contributed by atoms with Gasteiger partial charge in [-0.25, -0.2) is 0 Å². The third-order valence-electron chi connectivity index (χ3n) is 4.92. The van der Waals surface area contributed by atoms with Crippen molar-refractivity contribution in [3.63, 3.8) is 0 Å². The molecule has 0 aliphatic carbocycles. The second-order valence-electron chi connectivity index (χ2n) is 7.70. The van der Waals surface area contributed by atoms with Crippen LogP contribution in [0.4, 0.5) is 0 Å². The highest BCUT2D eigenvalue weighted by Crippen LogP contribution is 2.12. The molecule has 3 nitrogen and oxygen atoms in total. The smallest absolute Gasteiger partial charge is 0.303 e. The molecule has 0 aliphatic heterocycles. The zero-order valence-electron chi connectivity index (χ0n) is 18.7. The van der Waals surface area contributed by atoms with E-state index in [0.717, 1.165) is 44.9 Å². The summed E-state index contributed by atoms with van der Waals surface area (Å²) in [4.78, 5) is 10.4. The van der Waals surface area contributed by atoms with E-state index in [1.54, 1.807) is 0 Å². The minimum absolute atomic E-state index is 0.165. The van der Waals surface area contributed by atoms with Gasteiger partial charge in [-0.2, -0.15) is 0 Å². The molecule has 0 saturated carbocycles. The summed E-state index contributed by atoms with van der Waals surface area (Å²) in [6.45, 7) is 2.89. The minimum atomic E-state index is -0.689. The molecule has 0 aliphatic rings. The Morgan fingerprint density at radius 3 is 2.53 bits per heavy atom. The highest BCUT2D eigenvalue weighted by atomic mass is 16.5. The first-order valence-electron chi connectivity index (χ1n) is 11.6. The number of unbranched alkanes of at least 4 members (excludes halogenated alkanes) is 6. The predicted molar refractivity (Wildman–Crippen MR) is 127 cm³/mol. The van der Waals surface area contributed by atoms with E-state index in [4.69, 9.17) is 9.84 Å². The van der Waals surface area contributed by atoms with Crippen LogP contribution >= 0.6 is 0 Å². The van der Waals surface area contributed by atoms with Crippen LogP contribution in [0.15, 0.2) is 66.8 Å². The fourth-order valence-corrected chi connectivity index (χ4v) is 3.14. The molecule has 166 valence electrons. The van der Waals surface area contributed by atoms with Gasteiger partial charge in [0.15, 0.2) is 0 Å². The van der Waals surface area contributed by atoms with E-state index in [9.17, 15) is 4.79 Å². The molecule has 0 heterocycles. The number of carbonyl (C=O) groups is 1. The molecule has 0 amide bonds. The fourth-order valence-electron chi connectivity index (χ4n) is 3.14. The summed E-state index contributed by atoms with van der Waals surface area (Å²) < 4.78 is 6.12. The summed E-state index contributed by atoms with van der Waals surface area (Å²) in [7, 11) is 0. The summed E-state index contributed by atoms with van der Waals surface area (Å²) in [5.41, 5.74) is 1.22. The van der Waals surface area contributed by atoms with E-state index < -0.39 is 5.97 Å². The van der Waals surface area contributed by atoms with Crippen molar-refractivity contribution in [2.24, 2.45) is 0 Å². The quantitative estimate of drug-likeness (QED) is 0.153. The zero-order valence-corrected chi connectivity index (χ0v) is 18.7. The van der Waals surface area contributed by atoms with Crippen molar-refractivity contribution in [3.05, 3.63) is 72.4 Å².